The number of hydrogen-bond acceptors (Lipinski definition) is 1. The van der Waals surface area contributed by atoms with Gasteiger partial charge in [-0.1, -0.05) is 29.8 Å². The summed E-state index contributed by atoms with van der Waals surface area (Å²) in [7, 11) is 0. The zero-order chi connectivity index (χ0) is 12.8. The van der Waals surface area contributed by atoms with E-state index in [0.29, 0.717) is 6.54 Å². The first-order chi connectivity index (χ1) is 8.81. The molecule has 0 unspecified atom stereocenters. The average molecular weight is 394 g/mol. The number of guanidine groups is 1. The van der Waals surface area contributed by atoms with Crippen molar-refractivity contribution in [3.63, 3.8) is 0 Å². The lowest BCUT2D eigenvalue weighted by Crippen LogP contribution is -2.39. The molecule has 1 aliphatic heterocycles. The molecule has 1 heterocycles. The van der Waals surface area contributed by atoms with Gasteiger partial charge in [0, 0.05) is 24.7 Å². The number of nitrogens with one attached hydrogen (secondary N) is 1. The molecule has 1 fully saturated rings. The number of aliphatic imine (C=N–C) groups is 1. The van der Waals surface area contributed by atoms with E-state index in [1.54, 1.807) is 0 Å². The monoisotopic (exact) mass is 393 g/mol. The standard InChI is InChI=1S/C14H20ClN3.HI/c1-2-16-14(18-9-5-6-10-18)17-11-12-7-3-4-8-13(12)15;/h3-4,7-8H,2,5-6,9-11H2,1H3,(H,16,17);1H. The molecule has 0 aliphatic carbocycles. The van der Waals surface area contributed by atoms with Crippen LogP contribution >= 0.6 is 35.6 Å². The largest absolute Gasteiger partial charge is 0.357 e. The molecular formula is C14H21ClIN3. The summed E-state index contributed by atoms with van der Waals surface area (Å²) in [5.41, 5.74) is 1.08. The average Bonchev–Trinajstić information content (AvgIpc) is 2.90. The summed E-state index contributed by atoms with van der Waals surface area (Å²) >= 11 is 6.14. The summed E-state index contributed by atoms with van der Waals surface area (Å²) in [6, 6.07) is 7.88. The Morgan fingerprint density at radius 3 is 2.63 bits per heavy atom. The first-order valence-electron chi connectivity index (χ1n) is 6.58. The maximum atomic E-state index is 6.14. The molecule has 0 spiro atoms. The predicted molar refractivity (Wildman–Crippen MR) is 92.5 cm³/mol. The number of benzene rings is 1. The van der Waals surface area contributed by atoms with E-state index in [0.717, 1.165) is 36.2 Å². The highest BCUT2D eigenvalue weighted by Crippen LogP contribution is 2.16. The van der Waals surface area contributed by atoms with Crippen molar-refractivity contribution >= 4 is 41.5 Å². The predicted octanol–water partition coefficient (Wildman–Crippen LogP) is 3.52. The SMILES string of the molecule is CCNC(=NCc1ccccc1Cl)N1CCCC1.I. The third-order valence-corrected chi connectivity index (χ3v) is 3.47. The van der Waals surface area contributed by atoms with Gasteiger partial charge in [0.1, 0.15) is 0 Å². The zero-order valence-corrected chi connectivity index (χ0v) is 14.3. The summed E-state index contributed by atoms with van der Waals surface area (Å²) in [6.07, 6.45) is 2.52. The maximum absolute atomic E-state index is 6.14. The molecule has 106 valence electrons. The summed E-state index contributed by atoms with van der Waals surface area (Å²) in [5, 5.41) is 4.14. The minimum absolute atomic E-state index is 0. The molecule has 0 bridgehead atoms. The van der Waals surface area contributed by atoms with Crippen molar-refractivity contribution in [2.45, 2.75) is 26.3 Å². The summed E-state index contributed by atoms with van der Waals surface area (Å²) < 4.78 is 0. The minimum Gasteiger partial charge on any atom is -0.357 e. The van der Waals surface area contributed by atoms with Crippen molar-refractivity contribution in [3.05, 3.63) is 34.9 Å². The third-order valence-electron chi connectivity index (χ3n) is 3.10. The molecule has 0 amide bonds. The van der Waals surface area contributed by atoms with E-state index in [4.69, 9.17) is 11.6 Å². The van der Waals surface area contributed by atoms with Crippen LogP contribution in [0.25, 0.3) is 0 Å². The van der Waals surface area contributed by atoms with Gasteiger partial charge in [0.05, 0.1) is 6.54 Å². The Kier molecular flexibility index (Phi) is 7.53. The molecule has 19 heavy (non-hydrogen) atoms. The van der Waals surface area contributed by atoms with Gasteiger partial charge >= 0.3 is 0 Å². The van der Waals surface area contributed by atoms with E-state index >= 15 is 0 Å². The van der Waals surface area contributed by atoms with Crippen molar-refractivity contribution in [3.8, 4) is 0 Å². The van der Waals surface area contributed by atoms with E-state index in [1.165, 1.54) is 12.8 Å². The fourth-order valence-electron chi connectivity index (χ4n) is 2.14. The number of hydrogen-bond donors (Lipinski definition) is 1. The van der Waals surface area contributed by atoms with E-state index in [-0.39, 0.29) is 24.0 Å². The molecule has 1 aromatic rings. The normalized spacial score (nSPS) is 15.3. The van der Waals surface area contributed by atoms with Gasteiger partial charge in [0.15, 0.2) is 5.96 Å². The van der Waals surface area contributed by atoms with Crippen molar-refractivity contribution < 1.29 is 0 Å². The first-order valence-corrected chi connectivity index (χ1v) is 6.95. The number of halogens is 2. The van der Waals surface area contributed by atoms with Gasteiger partial charge in [-0.25, -0.2) is 4.99 Å². The lowest BCUT2D eigenvalue weighted by molar-refractivity contribution is 0.493. The van der Waals surface area contributed by atoms with Gasteiger partial charge in [-0.3, -0.25) is 0 Å². The van der Waals surface area contributed by atoms with Crippen molar-refractivity contribution in [2.75, 3.05) is 19.6 Å². The Labute approximate surface area is 137 Å². The van der Waals surface area contributed by atoms with Gasteiger partial charge in [0.25, 0.3) is 0 Å². The molecule has 3 nitrogen and oxygen atoms in total. The van der Waals surface area contributed by atoms with Crippen LogP contribution in [0.2, 0.25) is 5.02 Å². The highest BCUT2D eigenvalue weighted by Gasteiger charge is 2.15. The van der Waals surface area contributed by atoms with E-state index < -0.39 is 0 Å². The van der Waals surface area contributed by atoms with E-state index in [9.17, 15) is 0 Å². The molecule has 2 rings (SSSR count). The molecule has 1 aliphatic rings. The maximum Gasteiger partial charge on any atom is 0.194 e. The van der Waals surface area contributed by atoms with Crippen LogP contribution in [-0.2, 0) is 6.54 Å². The molecule has 0 radical (unpaired) electrons. The van der Waals surface area contributed by atoms with Gasteiger partial charge in [-0.05, 0) is 31.4 Å². The highest BCUT2D eigenvalue weighted by molar-refractivity contribution is 14.0. The Hall–Kier alpha value is -0.490. The molecular weight excluding hydrogens is 373 g/mol. The number of nitrogens with zero attached hydrogens (tertiary/aromatic N) is 2. The summed E-state index contributed by atoms with van der Waals surface area (Å²) in [4.78, 5) is 6.99. The van der Waals surface area contributed by atoms with Crippen LogP contribution in [0, 0.1) is 0 Å². The van der Waals surface area contributed by atoms with E-state index in [1.807, 2.05) is 24.3 Å². The van der Waals surface area contributed by atoms with Crippen molar-refractivity contribution in [1.82, 2.24) is 10.2 Å². The smallest absolute Gasteiger partial charge is 0.194 e. The fourth-order valence-corrected chi connectivity index (χ4v) is 2.34. The minimum atomic E-state index is 0. The topological polar surface area (TPSA) is 27.6 Å². The lowest BCUT2D eigenvalue weighted by atomic mass is 10.2. The van der Waals surface area contributed by atoms with Crippen LogP contribution in [0.3, 0.4) is 0 Å². The molecule has 1 saturated heterocycles. The van der Waals surface area contributed by atoms with Crippen LogP contribution in [0.15, 0.2) is 29.3 Å². The molecule has 0 saturated carbocycles. The second-order valence-corrected chi connectivity index (χ2v) is 4.86. The van der Waals surface area contributed by atoms with Gasteiger partial charge in [-0.15, -0.1) is 24.0 Å². The number of rotatable bonds is 3. The van der Waals surface area contributed by atoms with Crippen molar-refractivity contribution in [2.24, 2.45) is 4.99 Å². The second kappa shape index (κ2) is 8.64. The molecule has 0 aromatic heterocycles. The Balaban J connectivity index is 0.00000180. The zero-order valence-electron chi connectivity index (χ0n) is 11.2. The van der Waals surface area contributed by atoms with Crippen LogP contribution < -0.4 is 5.32 Å². The quantitative estimate of drug-likeness (QED) is 0.483. The highest BCUT2D eigenvalue weighted by atomic mass is 127. The van der Waals surface area contributed by atoms with Crippen LogP contribution in [0.4, 0.5) is 0 Å². The molecule has 0 atom stereocenters. The summed E-state index contributed by atoms with van der Waals surface area (Å²) in [6.45, 7) is 5.85. The van der Waals surface area contributed by atoms with Crippen LogP contribution in [0.1, 0.15) is 25.3 Å². The lowest BCUT2D eigenvalue weighted by Gasteiger charge is -2.20. The van der Waals surface area contributed by atoms with Crippen LogP contribution in [-0.4, -0.2) is 30.5 Å². The molecule has 1 aromatic carbocycles. The number of likely N-dealkylation sites (tertiary alicyclic amines) is 1. The Bertz CT molecular complexity index is 417. The Morgan fingerprint density at radius 1 is 1.32 bits per heavy atom. The molecule has 1 N–H and O–H groups in total. The summed E-state index contributed by atoms with van der Waals surface area (Å²) in [5.74, 6) is 1.01. The Morgan fingerprint density at radius 2 is 2.00 bits per heavy atom. The van der Waals surface area contributed by atoms with Crippen LogP contribution in [0.5, 0.6) is 0 Å². The van der Waals surface area contributed by atoms with Crippen molar-refractivity contribution in [1.29, 1.82) is 0 Å². The molecule has 5 heteroatoms. The van der Waals surface area contributed by atoms with Gasteiger partial charge in [0.2, 0.25) is 0 Å². The van der Waals surface area contributed by atoms with Gasteiger partial charge in [-0.2, -0.15) is 0 Å². The van der Waals surface area contributed by atoms with Gasteiger partial charge < -0.3 is 10.2 Å². The van der Waals surface area contributed by atoms with E-state index in [2.05, 4.69) is 22.1 Å². The first kappa shape index (κ1) is 16.6. The third kappa shape index (κ3) is 4.84. The second-order valence-electron chi connectivity index (χ2n) is 4.46. The fraction of sp³-hybridized carbons (Fsp3) is 0.500.